The molecule has 0 saturated carbocycles. The third-order valence-corrected chi connectivity index (χ3v) is 6.01. The molecule has 2 heterocycles. The van der Waals surface area contributed by atoms with Crippen LogP contribution in [0.15, 0.2) is 41.4 Å². The number of carbonyl (C=O) groups is 1. The molecule has 0 aliphatic heterocycles. The molecule has 0 spiro atoms. The van der Waals surface area contributed by atoms with Crippen LogP contribution in [0.1, 0.15) is 27.1 Å². The first-order valence-electron chi connectivity index (χ1n) is 7.78. The van der Waals surface area contributed by atoms with E-state index < -0.39 is 22.5 Å². The average Bonchev–Trinajstić information content (AvgIpc) is 3.28. The van der Waals surface area contributed by atoms with Gasteiger partial charge in [-0.15, -0.1) is 10.2 Å². The normalized spacial score (nSPS) is 11.7. The summed E-state index contributed by atoms with van der Waals surface area (Å²) in [5.74, 6) is -0.480. The molecule has 0 unspecified atom stereocenters. The van der Waals surface area contributed by atoms with Gasteiger partial charge in [0.1, 0.15) is 9.90 Å². The van der Waals surface area contributed by atoms with Gasteiger partial charge in [0, 0.05) is 5.69 Å². The van der Waals surface area contributed by atoms with Gasteiger partial charge < -0.3 is 5.32 Å². The van der Waals surface area contributed by atoms with Gasteiger partial charge in [0.2, 0.25) is 15.0 Å². The molecule has 1 aromatic carbocycles. The fourth-order valence-corrected chi connectivity index (χ4v) is 4.14. The van der Waals surface area contributed by atoms with Crippen molar-refractivity contribution in [2.24, 2.45) is 0 Å². The van der Waals surface area contributed by atoms with E-state index in [1.165, 1.54) is 6.92 Å². The quantitative estimate of drug-likeness (QED) is 0.595. The van der Waals surface area contributed by atoms with Crippen LogP contribution in [-0.4, -0.2) is 34.3 Å². The molecule has 0 atom stereocenters. The number of nitrogens with one attached hydrogen (secondary N) is 2. The predicted octanol–water partition coefficient (Wildman–Crippen LogP) is 2.17. The molecular weight excluding hydrogens is 414 g/mol. The van der Waals surface area contributed by atoms with E-state index in [9.17, 15) is 22.0 Å². The Hall–Kier alpha value is -2.77. The molecule has 2 aromatic heterocycles. The first kappa shape index (κ1) is 20.0. The van der Waals surface area contributed by atoms with E-state index in [1.807, 2.05) is 0 Å². The smallest absolute Gasteiger partial charge is 0.320 e. The first-order valence-corrected chi connectivity index (χ1v) is 10.1. The molecule has 13 heteroatoms. The van der Waals surface area contributed by atoms with Crippen LogP contribution in [-0.2, 0) is 16.6 Å². The maximum Gasteiger partial charge on any atom is 0.333 e. The van der Waals surface area contributed by atoms with Crippen molar-refractivity contribution in [3.63, 3.8) is 0 Å². The molecular formula is C15H14F2N6O3S2. The first-order chi connectivity index (χ1) is 13.3. The van der Waals surface area contributed by atoms with E-state index in [0.717, 1.165) is 17.5 Å². The molecule has 0 aliphatic rings. The van der Waals surface area contributed by atoms with Gasteiger partial charge in [-0.05, 0) is 19.1 Å². The number of anilines is 1. The minimum Gasteiger partial charge on any atom is -0.320 e. The number of rotatable bonds is 7. The molecule has 2 N–H and O–H groups in total. The Labute approximate surface area is 162 Å². The van der Waals surface area contributed by atoms with Crippen molar-refractivity contribution in [2.45, 2.75) is 24.9 Å². The maximum atomic E-state index is 12.7. The Morgan fingerprint density at radius 1 is 1.25 bits per heavy atom. The van der Waals surface area contributed by atoms with Gasteiger partial charge in [0.05, 0.1) is 18.4 Å². The third-order valence-electron chi connectivity index (χ3n) is 3.58. The lowest BCUT2D eigenvalue weighted by Gasteiger charge is -2.05. The van der Waals surface area contributed by atoms with Crippen LogP contribution < -0.4 is 10.0 Å². The van der Waals surface area contributed by atoms with Gasteiger partial charge in [0.15, 0.2) is 0 Å². The topological polar surface area (TPSA) is 119 Å². The van der Waals surface area contributed by atoms with Crippen LogP contribution in [0.25, 0.3) is 0 Å². The molecule has 0 fully saturated rings. The summed E-state index contributed by atoms with van der Waals surface area (Å²) in [5.41, 5.74) is 0.388. The van der Waals surface area contributed by atoms with Crippen molar-refractivity contribution in [1.29, 1.82) is 0 Å². The summed E-state index contributed by atoms with van der Waals surface area (Å²) in [6, 6.07) is 8.73. The van der Waals surface area contributed by atoms with E-state index in [-0.39, 0.29) is 27.1 Å². The summed E-state index contributed by atoms with van der Waals surface area (Å²) in [6.45, 7) is -1.97. The number of benzene rings is 1. The SMILES string of the molecule is Cc1c(S(=O)(=O)NCc2nnc(C(=O)Nc3ccccc3)s2)cnn1C(F)F. The Bertz CT molecular complexity index is 1080. The van der Waals surface area contributed by atoms with E-state index >= 15 is 0 Å². The summed E-state index contributed by atoms with van der Waals surface area (Å²) < 4.78 is 52.7. The second-order valence-corrected chi connectivity index (χ2v) is 8.26. The van der Waals surface area contributed by atoms with Gasteiger partial charge in [-0.3, -0.25) is 4.79 Å². The van der Waals surface area contributed by atoms with Crippen LogP contribution in [0.5, 0.6) is 0 Å². The Morgan fingerprint density at radius 2 is 1.96 bits per heavy atom. The van der Waals surface area contributed by atoms with E-state index in [2.05, 4.69) is 25.3 Å². The molecule has 1 amide bonds. The number of aromatic nitrogens is 4. The van der Waals surface area contributed by atoms with E-state index in [1.54, 1.807) is 30.3 Å². The number of carbonyl (C=O) groups excluding carboxylic acids is 1. The van der Waals surface area contributed by atoms with E-state index in [4.69, 9.17) is 0 Å². The van der Waals surface area contributed by atoms with Gasteiger partial charge >= 0.3 is 6.55 Å². The summed E-state index contributed by atoms with van der Waals surface area (Å²) in [5, 5.41) is 13.8. The maximum absolute atomic E-state index is 12.7. The number of para-hydroxylation sites is 1. The fraction of sp³-hybridized carbons (Fsp3) is 0.200. The number of amides is 1. The van der Waals surface area contributed by atoms with Crippen molar-refractivity contribution in [3.05, 3.63) is 52.2 Å². The lowest BCUT2D eigenvalue weighted by Crippen LogP contribution is -2.23. The third kappa shape index (κ3) is 4.37. The molecule has 9 nitrogen and oxygen atoms in total. The highest BCUT2D eigenvalue weighted by Gasteiger charge is 2.24. The molecule has 0 bridgehead atoms. The molecule has 0 aliphatic carbocycles. The lowest BCUT2D eigenvalue weighted by atomic mass is 10.3. The molecule has 0 saturated heterocycles. The van der Waals surface area contributed by atoms with Crippen LogP contribution in [0.4, 0.5) is 14.5 Å². The van der Waals surface area contributed by atoms with Gasteiger partial charge in [-0.25, -0.2) is 17.8 Å². The average molecular weight is 428 g/mol. The zero-order valence-corrected chi connectivity index (χ0v) is 16.0. The zero-order valence-electron chi connectivity index (χ0n) is 14.3. The van der Waals surface area contributed by atoms with Crippen molar-refractivity contribution >= 4 is 33.0 Å². The number of hydrogen-bond donors (Lipinski definition) is 2. The lowest BCUT2D eigenvalue weighted by molar-refractivity contribution is 0.0541. The standard InChI is InChI=1S/C15H14F2N6O3S2/c1-9-11(7-18-23(9)15(16)17)28(25,26)19-8-12-21-22-14(27-12)13(24)20-10-5-3-2-4-6-10/h2-7,15,19H,8H2,1H3,(H,20,24). The van der Waals surface area contributed by atoms with Crippen LogP contribution in [0.2, 0.25) is 0 Å². The molecule has 148 valence electrons. The number of nitrogens with zero attached hydrogens (tertiary/aromatic N) is 4. The summed E-state index contributed by atoms with van der Waals surface area (Å²) >= 11 is 0.908. The number of sulfonamides is 1. The second-order valence-electron chi connectivity index (χ2n) is 5.46. The highest BCUT2D eigenvalue weighted by Crippen LogP contribution is 2.20. The number of halogens is 2. The Morgan fingerprint density at radius 3 is 2.61 bits per heavy atom. The van der Waals surface area contributed by atoms with Crippen LogP contribution >= 0.6 is 11.3 Å². The highest BCUT2D eigenvalue weighted by molar-refractivity contribution is 7.89. The minimum absolute atomic E-state index is 0.0553. The van der Waals surface area contributed by atoms with Crippen LogP contribution in [0, 0.1) is 6.92 Å². The Balaban J connectivity index is 1.66. The van der Waals surface area contributed by atoms with Gasteiger partial charge in [-0.2, -0.15) is 13.9 Å². The van der Waals surface area contributed by atoms with Gasteiger partial charge in [-0.1, -0.05) is 29.5 Å². The Kier molecular flexibility index (Phi) is 5.76. The van der Waals surface area contributed by atoms with Crippen molar-refractivity contribution < 1.29 is 22.0 Å². The number of hydrogen-bond acceptors (Lipinski definition) is 7. The molecule has 3 aromatic rings. The minimum atomic E-state index is -4.09. The summed E-state index contributed by atoms with van der Waals surface area (Å²) in [4.78, 5) is 11.8. The molecule has 3 rings (SSSR count). The van der Waals surface area contributed by atoms with Crippen LogP contribution in [0.3, 0.4) is 0 Å². The highest BCUT2D eigenvalue weighted by atomic mass is 32.2. The zero-order chi connectivity index (χ0) is 20.3. The fourth-order valence-electron chi connectivity index (χ4n) is 2.23. The predicted molar refractivity (Wildman–Crippen MR) is 96.5 cm³/mol. The van der Waals surface area contributed by atoms with Gasteiger partial charge in [0.25, 0.3) is 5.91 Å². The molecule has 0 radical (unpaired) electrons. The number of alkyl halides is 2. The monoisotopic (exact) mass is 428 g/mol. The summed E-state index contributed by atoms with van der Waals surface area (Å²) in [6.07, 6.45) is 0.850. The van der Waals surface area contributed by atoms with Crippen molar-refractivity contribution in [1.82, 2.24) is 24.7 Å². The molecule has 28 heavy (non-hydrogen) atoms. The van der Waals surface area contributed by atoms with Crippen molar-refractivity contribution in [2.75, 3.05) is 5.32 Å². The second kappa shape index (κ2) is 8.08. The largest absolute Gasteiger partial charge is 0.333 e. The van der Waals surface area contributed by atoms with Crippen molar-refractivity contribution in [3.8, 4) is 0 Å². The van der Waals surface area contributed by atoms with E-state index in [0.29, 0.717) is 10.4 Å². The summed E-state index contributed by atoms with van der Waals surface area (Å²) in [7, 11) is -4.09.